The number of carbonyl (C=O) groups is 1. The van der Waals surface area contributed by atoms with Crippen LogP contribution in [-0.2, 0) is 14.8 Å². The number of rotatable bonds is 4. The Balaban J connectivity index is 2.39. The summed E-state index contributed by atoms with van der Waals surface area (Å²) in [4.78, 5) is 11.4. The highest BCUT2D eigenvalue weighted by atomic mass is 32.2. The Labute approximate surface area is 123 Å². The zero-order valence-corrected chi connectivity index (χ0v) is 12.5. The Morgan fingerprint density at radius 2 is 2.24 bits per heavy atom. The summed E-state index contributed by atoms with van der Waals surface area (Å²) in [5.41, 5.74) is 5.95. The zero-order valence-electron chi connectivity index (χ0n) is 11.7. The van der Waals surface area contributed by atoms with Gasteiger partial charge in [-0.2, -0.15) is 4.31 Å². The van der Waals surface area contributed by atoms with Crippen LogP contribution in [0.2, 0.25) is 0 Å². The second kappa shape index (κ2) is 6.00. The van der Waals surface area contributed by atoms with E-state index in [9.17, 15) is 18.3 Å². The predicted octanol–water partition coefficient (Wildman–Crippen LogP) is 0.201. The Hall–Kier alpha value is -1.64. The predicted molar refractivity (Wildman–Crippen MR) is 76.2 cm³/mol. The number of aliphatic hydroxyl groups is 1. The molecule has 1 saturated heterocycles. The summed E-state index contributed by atoms with van der Waals surface area (Å²) in [6.07, 6.45) is 1.32. The molecule has 1 aliphatic heterocycles. The van der Waals surface area contributed by atoms with Gasteiger partial charge in [-0.3, -0.25) is 0 Å². The van der Waals surface area contributed by atoms with Gasteiger partial charge in [0.15, 0.2) is 0 Å². The monoisotopic (exact) mass is 314 g/mol. The van der Waals surface area contributed by atoms with Crippen LogP contribution in [0, 0.1) is 0 Å². The van der Waals surface area contributed by atoms with Crippen LogP contribution < -0.4 is 5.73 Å². The summed E-state index contributed by atoms with van der Waals surface area (Å²) in [5, 5.41) is 9.27. The molecule has 0 saturated carbocycles. The van der Waals surface area contributed by atoms with E-state index in [1.165, 1.54) is 29.6 Å². The lowest BCUT2D eigenvalue weighted by Gasteiger charge is -2.23. The van der Waals surface area contributed by atoms with Gasteiger partial charge in [0.05, 0.1) is 25.0 Å². The number of esters is 1. The SMILES string of the molecule is COC(=O)c1ccc(S(=O)(=O)N2CCC[C@@H]2CO)c(N)c1. The van der Waals surface area contributed by atoms with Crippen molar-refractivity contribution in [1.82, 2.24) is 4.31 Å². The van der Waals surface area contributed by atoms with Crippen LogP contribution in [0.15, 0.2) is 23.1 Å². The van der Waals surface area contributed by atoms with Crippen molar-refractivity contribution in [3.63, 3.8) is 0 Å². The molecule has 1 aliphatic rings. The molecule has 116 valence electrons. The largest absolute Gasteiger partial charge is 0.465 e. The van der Waals surface area contributed by atoms with Gasteiger partial charge in [-0.25, -0.2) is 13.2 Å². The van der Waals surface area contributed by atoms with Crippen LogP contribution in [0.1, 0.15) is 23.2 Å². The maximum absolute atomic E-state index is 12.6. The maximum atomic E-state index is 12.6. The lowest BCUT2D eigenvalue weighted by molar-refractivity contribution is 0.0600. The Morgan fingerprint density at radius 1 is 1.52 bits per heavy atom. The van der Waals surface area contributed by atoms with Gasteiger partial charge in [0.25, 0.3) is 0 Å². The van der Waals surface area contributed by atoms with E-state index in [1.54, 1.807) is 0 Å². The molecule has 21 heavy (non-hydrogen) atoms. The minimum Gasteiger partial charge on any atom is -0.465 e. The first-order valence-electron chi connectivity index (χ1n) is 6.52. The lowest BCUT2D eigenvalue weighted by Crippen LogP contribution is -2.37. The van der Waals surface area contributed by atoms with Crippen molar-refractivity contribution in [2.75, 3.05) is 26.0 Å². The number of anilines is 1. The third-order valence-corrected chi connectivity index (χ3v) is 5.58. The molecule has 7 nitrogen and oxygen atoms in total. The standard InChI is InChI=1S/C13H18N2O5S/c1-20-13(17)9-4-5-12(11(14)7-9)21(18,19)15-6-2-3-10(15)8-16/h4-5,7,10,16H,2-3,6,8,14H2,1H3/t10-/m1/s1. The average Bonchev–Trinajstić information content (AvgIpc) is 2.95. The average molecular weight is 314 g/mol. The number of aliphatic hydroxyl groups excluding tert-OH is 1. The van der Waals surface area contributed by atoms with Crippen molar-refractivity contribution >= 4 is 21.7 Å². The number of sulfonamides is 1. The van der Waals surface area contributed by atoms with Gasteiger partial charge in [-0.1, -0.05) is 0 Å². The molecule has 1 aromatic rings. The number of nitrogen functional groups attached to an aromatic ring is 1. The number of carbonyl (C=O) groups excluding carboxylic acids is 1. The summed E-state index contributed by atoms with van der Waals surface area (Å²) in [6, 6.07) is 3.51. The lowest BCUT2D eigenvalue weighted by atomic mass is 10.2. The van der Waals surface area contributed by atoms with E-state index in [1.807, 2.05) is 0 Å². The molecule has 0 bridgehead atoms. The van der Waals surface area contributed by atoms with Crippen LogP contribution in [0.3, 0.4) is 0 Å². The minimum atomic E-state index is -3.78. The highest BCUT2D eigenvalue weighted by molar-refractivity contribution is 7.89. The van der Waals surface area contributed by atoms with Crippen LogP contribution in [-0.4, -0.2) is 50.1 Å². The zero-order chi connectivity index (χ0) is 15.6. The van der Waals surface area contributed by atoms with Crippen molar-refractivity contribution in [2.45, 2.75) is 23.8 Å². The van der Waals surface area contributed by atoms with E-state index < -0.39 is 22.0 Å². The third kappa shape index (κ3) is 2.87. The molecule has 0 radical (unpaired) electrons. The third-order valence-electron chi connectivity index (χ3n) is 3.55. The highest BCUT2D eigenvalue weighted by Crippen LogP contribution is 2.29. The Kier molecular flexibility index (Phi) is 4.50. The fraction of sp³-hybridized carbons (Fsp3) is 0.462. The number of methoxy groups -OCH3 is 1. The molecule has 1 heterocycles. The van der Waals surface area contributed by atoms with E-state index in [2.05, 4.69) is 4.74 Å². The molecule has 1 aromatic carbocycles. The van der Waals surface area contributed by atoms with Gasteiger partial charge >= 0.3 is 5.97 Å². The van der Waals surface area contributed by atoms with Crippen molar-refractivity contribution in [2.24, 2.45) is 0 Å². The van der Waals surface area contributed by atoms with Crippen LogP contribution in [0.25, 0.3) is 0 Å². The second-order valence-electron chi connectivity index (χ2n) is 4.84. The fourth-order valence-corrected chi connectivity index (χ4v) is 4.25. The number of hydrogen-bond donors (Lipinski definition) is 2. The quantitative estimate of drug-likeness (QED) is 0.607. The maximum Gasteiger partial charge on any atom is 0.337 e. The topological polar surface area (TPSA) is 110 Å². The molecular formula is C13H18N2O5S. The molecule has 2 rings (SSSR count). The molecule has 3 N–H and O–H groups in total. The van der Waals surface area contributed by atoms with E-state index in [0.717, 1.165) is 0 Å². The molecular weight excluding hydrogens is 296 g/mol. The molecule has 0 spiro atoms. The number of nitrogens with two attached hydrogens (primary N) is 1. The van der Waals surface area contributed by atoms with Crippen molar-refractivity contribution in [3.8, 4) is 0 Å². The Morgan fingerprint density at radius 3 is 2.81 bits per heavy atom. The number of hydrogen-bond acceptors (Lipinski definition) is 6. The van der Waals surface area contributed by atoms with Gasteiger partial charge < -0.3 is 15.6 Å². The van der Waals surface area contributed by atoms with E-state index >= 15 is 0 Å². The first-order valence-corrected chi connectivity index (χ1v) is 7.96. The Bertz CT molecular complexity index is 644. The minimum absolute atomic E-state index is 0.0125. The molecule has 0 aromatic heterocycles. The van der Waals surface area contributed by atoms with Gasteiger partial charge in [-0.05, 0) is 31.0 Å². The summed E-state index contributed by atoms with van der Waals surface area (Å²) in [5.74, 6) is -0.583. The number of nitrogens with zero attached hydrogens (tertiary/aromatic N) is 1. The smallest absolute Gasteiger partial charge is 0.337 e. The molecule has 8 heteroatoms. The molecule has 0 unspecified atom stereocenters. The first-order chi connectivity index (χ1) is 9.91. The van der Waals surface area contributed by atoms with Gasteiger partial charge in [0.2, 0.25) is 10.0 Å². The van der Waals surface area contributed by atoms with Crippen molar-refractivity contribution in [3.05, 3.63) is 23.8 Å². The normalized spacial score (nSPS) is 19.6. The number of benzene rings is 1. The van der Waals surface area contributed by atoms with Gasteiger partial charge in [0.1, 0.15) is 4.90 Å². The first kappa shape index (κ1) is 15.7. The molecule has 0 amide bonds. The van der Waals surface area contributed by atoms with Crippen LogP contribution in [0.5, 0.6) is 0 Å². The molecule has 1 fully saturated rings. The van der Waals surface area contributed by atoms with E-state index in [0.29, 0.717) is 19.4 Å². The van der Waals surface area contributed by atoms with Crippen molar-refractivity contribution < 1.29 is 23.1 Å². The van der Waals surface area contributed by atoms with Crippen LogP contribution in [0.4, 0.5) is 5.69 Å². The van der Waals surface area contributed by atoms with Crippen molar-refractivity contribution in [1.29, 1.82) is 0 Å². The molecule has 1 atom stereocenters. The fourth-order valence-electron chi connectivity index (χ4n) is 2.46. The van der Waals surface area contributed by atoms with Crippen LogP contribution >= 0.6 is 0 Å². The second-order valence-corrected chi connectivity index (χ2v) is 6.70. The van der Waals surface area contributed by atoms with E-state index in [-0.39, 0.29) is 22.8 Å². The van der Waals surface area contributed by atoms with Gasteiger partial charge in [-0.15, -0.1) is 0 Å². The summed E-state index contributed by atoms with van der Waals surface area (Å²) < 4.78 is 31.0. The summed E-state index contributed by atoms with van der Waals surface area (Å²) >= 11 is 0. The molecule has 0 aliphatic carbocycles. The highest BCUT2D eigenvalue weighted by Gasteiger charge is 2.35. The number of ether oxygens (including phenoxy) is 1. The summed E-state index contributed by atoms with van der Waals surface area (Å²) in [6.45, 7) is 0.130. The summed E-state index contributed by atoms with van der Waals surface area (Å²) in [7, 11) is -2.55. The van der Waals surface area contributed by atoms with E-state index in [4.69, 9.17) is 5.73 Å². The van der Waals surface area contributed by atoms with Gasteiger partial charge in [0, 0.05) is 12.6 Å².